The molecule has 2 heterocycles. The maximum absolute atomic E-state index is 6.71. The van der Waals surface area contributed by atoms with E-state index < -0.39 is 8.32 Å². The number of rotatable bonds is 9. The Morgan fingerprint density at radius 3 is 2.48 bits per heavy atom. The summed E-state index contributed by atoms with van der Waals surface area (Å²) in [5.74, 6) is 2.09. The molecule has 7 nitrogen and oxygen atoms in total. The van der Waals surface area contributed by atoms with Gasteiger partial charge in [0.25, 0.3) is 0 Å². The normalized spacial score (nSPS) is 20.1. The molecule has 2 fully saturated rings. The predicted octanol–water partition coefficient (Wildman–Crippen LogP) is 8.44. The van der Waals surface area contributed by atoms with Gasteiger partial charge in [-0.15, -0.1) is 0 Å². The van der Waals surface area contributed by atoms with Gasteiger partial charge in [0.1, 0.15) is 5.52 Å². The van der Waals surface area contributed by atoms with E-state index in [-0.39, 0.29) is 11.1 Å². The van der Waals surface area contributed by atoms with Gasteiger partial charge < -0.3 is 24.1 Å². The average Bonchev–Trinajstić information content (AvgIpc) is 2.96. The van der Waals surface area contributed by atoms with Crippen LogP contribution in [0.5, 0.6) is 5.75 Å². The van der Waals surface area contributed by atoms with Crippen molar-refractivity contribution in [2.75, 3.05) is 42.8 Å². The standard InChI is InChI=1S/C32H45ClN4O3SSi/c1-32(2,3)42(5,6)40-26-11-9-25(10-12-26)39-30-27(33)13-7-22-20-34-31(36-29(22)30)35-24-8-14-28(23(19-24)21-41-4)37-15-17-38-18-16-37/h7-8,13-14,19-20,25-26H,9-12,15-18,21H2,1-6H3,(H,34,35,36). The summed E-state index contributed by atoms with van der Waals surface area (Å²) < 4.78 is 18.8. The zero-order valence-corrected chi connectivity index (χ0v) is 28.4. The Balaban J connectivity index is 1.31. The van der Waals surface area contributed by atoms with Crippen molar-refractivity contribution in [3.63, 3.8) is 0 Å². The van der Waals surface area contributed by atoms with Gasteiger partial charge in [-0.05, 0) is 86.0 Å². The quantitative estimate of drug-likeness (QED) is 0.237. The van der Waals surface area contributed by atoms with Gasteiger partial charge in [0.15, 0.2) is 14.1 Å². The molecule has 1 aliphatic heterocycles. The van der Waals surface area contributed by atoms with E-state index >= 15 is 0 Å². The summed E-state index contributed by atoms with van der Waals surface area (Å²) in [5, 5.41) is 5.12. The van der Waals surface area contributed by atoms with Gasteiger partial charge in [-0.25, -0.2) is 9.97 Å². The third kappa shape index (κ3) is 7.35. The molecule has 1 N–H and O–H groups in total. The van der Waals surface area contributed by atoms with Gasteiger partial charge in [0.05, 0.1) is 24.3 Å². The van der Waals surface area contributed by atoms with Crippen LogP contribution in [0.3, 0.4) is 0 Å². The van der Waals surface area contributed by atoms with Gasteiger partial charge in [0, 0.05) is 47.9 Å². The number of fused-ring (bicyclic) bond motifs is 1. The number of anilines is 3. The molecule has 42 heavy (non-hydrogen) atoms. The Kier molecular flexibility index (Phi) is 9.94. The summed E-state index contributed by atoms with van der Waals surface area (Å²) in [6.45, 7) is 14.9. The van der Waals surface area contributed by atoms with Crippen molar-refractivity contribution in [3.8, 4) is 5.75 Å². The van der Waals surface area contributed by atoms with Crippen molar-refractivity contribution in [2.45, 2.75) is 82.5 Å². The molecule has 228 valence electrons. The van der Waals surface area contributed by atoms with E-state index in [4.69, 9.17) is 30.5 Å². The molecule has 1 aromatic heterocycles. The van der Waals surface area contributed by atoms with Crippen LogP contribution in [0.25, 0.3) is 10.9 Å². The molecule has 1 aliphatic carbocycles. The van der Waals surface area contributed by atoms with Crippen LogP contribution in [-0.4, -0.2) is 63.1 Å². The number of thioether (sulfide) groups is 1. The molecular weight excluding hydrogens is 584 g/mol. The number of ether oxygens (including phenoxy) is 2. The Hall–Kier alpha value is -2.04. The minimum absolute atomic E-state index is 0.0839. The van der Waals surface area contributed by atoms with Gasteiger partial charge >= 0.3 is 0 Å². The smallest absolute Gasteiger partial charge is 0.227 e. The van der Waals surface area contributed by atoms with Crippen molar-refractivity contribution in [1.29, 1.82) is 0 Å². The molecule has 5 rings (SSSR count). The Morgan fingerprint density at radius 2 is 1.79 bits per heavy atom. The first-order chi connectivity index (χ1) is 20.0. The van der Waals surface area contributed by atoms with Gasteiger partial charge in [-0.2, -0.15) is 11.8 Å². The van der Waals surface area contributed by atoms with Crippen LogP contribution in [0.1, 0.15) is 52.0 Å². The molecule has 10 heteroatoms. The number of nitrogens with one attached hydrogen (secondary N) is 1. The summed E-state index contributed by atoms with van der Waals surface area (Å²) in [6.07, 6.45) is 8.24. The van der Waals surface area contributed by atoms with Crippen molar-refractivity contribution < 1.29 is 13.9 Å². The Morgan fingerprint density at radius 1 is 1.07 bits per heavy atom. The lowest BCUT2D eigenvalue weighted by atomic mass is 9.95. The zero-order valence-electron chi connectivity index (χ0n) is 25.8. The van der Waals surface area contributed by atoms with Crippen molar-refractivity contribution >= 4 is 59.9 Å². The first kappa shape index (κ1) is 31.4. The molecule has 2 aromatic carbocycles. The number of nitrogens with zero attached hydrogens (tertiary/aromatic N) is 3. The highest BCUT2D eigenvalue weighted by atomic mass is 35.5. The van der Waals surface area contributed by atoms with Crippen LogP contribution in [0, 0.1) is 0 Å². The second-order valence-electron chi connectivity index (χ2n) is 12.9. The van der Waals surface area contributed by atoms with E-state index in [1.54, 1.807) is 0 Å². The average molecular weight is 629 g/mol. The first-order valence-corrected chi connectivity index (χ1v) is 19.7. The molecule has 3 aromatic rings. The van der Waals surface area contributed by atoms with Crippen LogP contribution in [0.15, 0.2) is 36.5 Å². The Bertz CT molecular complexity index is 1370. The largest absolute Gasteiger partial charge is 0.487 e. The third-order valence-corrected chi connectivity index (χ3v) is 14.3. The number of aromatic nitrogens is 2. The maximum atomic E-state index is 6.71. The van der Waals surface area contributed by atoms with Crippen LogP contribution >= 0.6 is 23.4 Å². The summed E-state index contributed by atoms with van der Waals surface area (Å²) in [7, 11) is -1.79. The SMILES string of the molecule is CSCc1cc(Nc2ncc3ccc(Cl)c(OC4CCC(O[Si](C)(C)C(C)(C)C)CC4)c3n2)ccc1N1CCOCC1. The summed E-state index contributed by atoms with van der Waals surface area (Å²) in [6, 6.07) is 10.3. The molecule has 0 unspecified atom stereocenters. The van der Waals surface area contributed by atoms with E-state index in [2.05, 4.69) is 73.5 Å². The van der Waals surface area contributed by atoms with Crippen LogP contribution in [0.2, 0.25) is 23.2 Å². The molecule has 0 atom stereocenters. The minimum Gasteiger partial charge on any atom is -0.487 e. The lowest BCUT2D eigenvalue weighted by Crippen LogP contribution is -2.45. The van der Waals surface area contributed by atoms with Crippen molar-refractivity contribution in [3.05, 3.63) is 47.1 Å². The van der Waals surface area contributed by atoms with E-state index in [9.17, 15) is 0 Å². The van der Waals surface area contributed by atoms with Crippen LogP contribution in [0.4, 0.5) is 17.3 Å². The fraction of sp³-hybridized carbons (Fsp3) is 0.562. The second-order valence-corrected chi connectivity index (χ2v) is 18.9. The Labute approximate surface area is 261 Å². The minimum atomic E-state index is -1.79. The zero-order chi connectivity index (χ0) is 29.9. The molecule has 0 radical (unpaired) electrons. The van der Waals surface area contributed by atoms with Gasteiger partial charge in [-0.3, -0.25) is 0 Å². The maximum Gasteiger partial charge on any atom is 0.227 e. The summed E-state index contributed by atoms with van der Waals surface area (Å²) in [5.41, 5.74) is 4.24. The molecule has 1 saturated carbocycles. The lowest BCUT2D eigenvalue weighted by Gasteiger charge is -2.41. The molecule has 0 bridgehead atoms. The lowest BCUT2D eigenvalue weighted by molar-refractivity contribution is 0.0733. The first-order valence-electron chi connectivity index (χ1n) is 15.1. The van der Waals surface area contributed by atoms with E-state index in [1.165, 1.54) is 11.3 Å². The number of halogens is 1. The molecular formula is C32H45ClN4O3SSi. The van der Waals surface area contributed by atoms with E-state index in [1.807, 2.05) is 30.1 Å². The number of hydrogen-bond acceptors (Lipinski definition) is 8. The summed E-state index contributed by atoms with van der Waals surface area (Å²) >= 11 is 8.53. The van der Waals surface area contributed by atoms with E-state index in [0.29, 0.717) is 22.8 Å². The third-order valence-electron chi connectivity index (χ3n) is 8.82. The molecule has 1 saturated heterocycles. The predicted molar refractivity (Wildman–Crippen MR) is 179 cm³/mol. The van der Waals surface area contributed by atoms with Crippen LogP contribution < -0.4 is 15.0 Å². The summed E-state index contributed by atoms with van der Waals surface area (Å²) in [4.78, 5) is 11.9. The van der Waals surface area contributed by atoms with Crippen molar-refractivity contribution in [2.24, 2.45) is 0 Å². The highest BCUT2D eigenvalue weighted by Gasteiger charge is 2.40. The topological polar surface area (TPSA) is 68.7 Å². The fourth-order valence-corrected chi connectivity index (χ4v) is 7.59. The number of benzene rings is 2. The van der Waals surface area contributed by atoms with Crippen LogP contribution in [-0.2, 0) is 14.9 Å². The second kappa shape index (κ2) is 13.3. The van der Waals surface area contributed by atoms with E-state index in [0.717, 1.165) is 74.3 Å². The molecule has 0 spiro atoms. The highest BCUT2D eigenvalue weighted by Crippen LogP contribution is 2.40. The fourth-order valence-electron chi connectivity index (χ4n) is 5.42. The van der Waals surface area contributed by atoms with Gasteiger partial charge in [0.2, 0.25) is 5.95 Å². The van der Waals surface area contributed by atoms with Crippen molar-refractivity contribution in [1.82, 2.24) is 9.97 Å². The monoisotopic (exact) mass is 628 g/mol. The van der Waals surface area contributed by atoms with Gasteiger partial charge in [-0.1, -0.05) is 32.4 Å². The highest BCUT2D eigenvalue weighted by molar-refractivity contribution is 7.97. The molecule has 2 aliphatic rings. The number of hydrogen-bond donors (Lipinski definition) is 1. The molecule has 0 amide bonds. The number of morpholine rings is 1.